The zero-order valence-electron chi connectivity index (χ0n) is 21.4. The van der Waals surface area contributed by atoms with Crippen molar-refractivity contribution in [2.24, 2.45) is 17.4 Å². The number of hydrogen-bond acceptors (Lipinski definition) is 7. The van der Waals surface area contributed by atoms with Gasteiger partial charge in [-0.25, -0.2) is 4.79 Å². The average molecular weight is 524 g/mol. The number of carbonyl (C=O) groups is 4. The normalized spacial score (nSPS) is 14.4. The van der Waals surface area contributed by atoms with Gasteiger partial charge in [-0.2, -0.15) is 11.8 Å². The van der Waals surface area contributed by atoms with Gasteiger partial charge in [0.15, 0.2) is 0 Å². The quantitative estimate of drug-likeness (QED) is 0.161. The molecule has 1 aromatic carbocycles. The minimum Gasteiger partial charge on any atom is -0.480 e. The Hall–Kier alpha value is -2.63. The fourth-order valence-electron chi connectivity index (χ4n) is 3.52. The SMILES string of the molecule is CSCCC(NC(=O)C(NC(=O)C(Cc1ccccc1)NC(=O)C(N)CCCCN)C(C)C)C(=O)O. The third-order valence-electron chi connectivity index (χ3n) is 5.69. The van der Waals surface area contributed by atoms with Gasteiger partial charge in [0.1, 0.15) is 18.1 Å². The van der Waals surface area contributed by atoms with Crippen LogP contribution in [0.2, 0.25) is 0 Å². The minimum atomic E-state index is -1.14. The summed E-state index contributed by atoms with van der Waals surface area (Å²) in [6, 6.07) is 5.37. The number of carboxylic acids is 1. The van der Waals surface area contributed by atoms with Crippen molar-refractivity contribution in [3.63, 3.8) is 0 Å². The van der Waals surface area contributed by atoms with Crippen LogP contribution < -0.4 is 27.4 Å². The molecule has 11 heteroatoms. The predicted octanol–water partition coefficient (Wildman–Crippen LogP) is 0.634. The molecule has 36 heavy (non-hydrogen) atoms. The molecule has 0 saturated heterocycles. The maximum Gasteiger partial charge on any atom is 0.326 e. The van der Waals surface area contributed by atoms with Crippen LogP contribution >= 0.6 is 11.8 Å². The molecule has 8 N–H and O–H groups in total. The van der Waals surface area contributed by atoms with Gasteiger partial charge in [-0.1, -0.05) is 50.6 Å². The summed E-state index contributed by atoms with van der Waals surface area (Å²) in [6.45, 7) is 4.01. The summed E-state index contributed by atoms with van der Waals surface area (Å²) < 4.78 is 0. The predicted molar refractivity (Wildman–Crippen MR) is 142 cm³/mol. The zero-order chi connectivity index (χ0) is 27.1. The molecule has 0 radical (unpaired) electrons. The van der Waals surface area contributed by atoms with E-state index in [0.29, 0.717) is 25.1 Å². The molecular weight excluding hydrogens is 482 g/mol. The standard InChI is InChI=1S/C25H41N5O5S/c1-16(2)21(24(33)28-19(25(34)35)12-14-36-3)30-23(32)20(15-17-9-5-4-6-10-17)29-22(31)18(27)11-7-8-13-26/h4-6,9-10,16,18-21H,7-8,11-15,26-27H2,1-3H3,(H,28,33)(H,29,31)(H,30,32)(H,34,35). The summed E-state index contributed by atoms with van der Waals surface area (Å²) in [5, 5.41) is 17.4. The van der Waals surface area contributed by atoms with Gasteiger partial charge in [0.05, 0.1) is 6.04 Å². The van der Waals surface area contributed by atoms with E-state index in [-0.39, 0.29) is 18.8 Å². The molecule has 0 bridgehead atoms. The topological polar surface area (TPSA) is 177 Å². The van der Waals surface area contributed by atoms with E-state index in [1.54, 1.807) is 13.8 Å². The summed E-state index contributed by atoms with van der Waals surface area (Å²) in [6.07, 6.45) is 4.18. The van der Waals surface area contributed by atoms with E-state index < -0.39 is 47.9 Å². The molecular formula is C25H41N5O5S. The highest BCUT2D eigenvalue weighted by Gasteiger charge is 2.31. The number of benzene rings is 1. The fourth-order valence-corrected chi connectivity index (χ4v) is 3.99. The molecule has 0 aliphatic heterocycles. The lowest BCUT2D eigenvalue weighted by atomic mass is 10.00. The Morgan fingerprint density at radius 1 is 0.917 bits per heavy atom. The second-order valence-corrected chi connectivity index (χ2v) is 10.0. The van der Waals surface area contributed by atoms with Crippen molar-refractivity contribution in [3.05, 3.63) is 35.9 Å². The Bertz CT molecular complexity index is 839. The van der Waals surface area contributed by atoms with Crippen LogP contribution in [0.15, 0.2) is 30.3 Å². The monoisotopic (exact) mass is 523 g/mol. The molecule has 0 saturated carbocycles. The van der Waals surface area contributed by atoms with E-state index in [1.807, 2.05) is 36.6 Å². The molecule has 3 amide bonds. The molecule has 1 rings (SSSR count). The van der Waals surface area contributed by atoms with Crippen LogP contribution in [0.4, 0.5) is 0 Å². The lowest BCUT2D eigenvalue weighted by Crippen LogP contribution is -2.59. The summed E-state index contributed by atoms with van der Waals surface area (Å²) in [5.74, 6) is -2.50. The maximum atomic E-state index is 13.3. The molecule has 0 aliphatic rings. The van der Waals surface area contributed by atoms with Gasteiger partial charge in [0.25, 0.3) is 0 Å². The molecule has 202 valence electrons. The van der Waals surface area contributed by atoms with Crippen LogP contribution in [0.5, 0.6) is 0 Å². The van der Waals surface area contributed by atoms with Crippen molar-refractivity contribution < 1.29 is 24.3 Å². The fraction of sp³-hybridized carbons (Fsp3) is 0.600. The highest BCUT2D eigenvalue weighted by Crippen LogP contribution is 2.09. The Kier molecular flexibility index (Phi) is 14.8. The van der Waals surface area contributed by atoms with Gasteiger partial charge in [-0.15, -0.1) is 0 Å². The number of carbonyl (C=O) groups excluding carboxylic acids is 3. The molecule has 0 spiro atoms. The van der Waals surface area contributed by atoms with Gasteiger partial charge in [0, 0.05) is 6.42 Å². The molecule has 10 nitrogen and oxygen atoms in total. The number of nitrogens with two attached hydrogens (primary N) is 2. The van der Waals surface area contributed by atoms with Crippen LogP contribution in [0.3, 0.4) is 0 Å². The van der Waals surface area contributed by atoms with Crippen LogP contribution in [-0.2, 0) is 25.6 Å². The maximum absolute atomic E-state index is 13.3. The summed E-state index contributed by atoms with van der Waals surface area (Å²) >= 11 is 1.48. The number of rotatable bonds is 17. The molecule has 0 fully saturated rings. The zero-order valence-corrected chi connectivity index (χ0v) is 22.2. The van der Waals surface area contributed by atoms with E-state index >= 15 is 0 Å². The van der Waals surface area contributed by atoms with Gasteiger partial charge in [0.2, 0.25) is 17.7 Å². The first-order chi connectivity index (χ1) is 17.1. The largest absolute Gasteiger partial charge is 0.480 e. The first-order valence-electron chi connectivity index (χ1n) is 12.2. The van der Waals surface area contributed by atoms with E-state index in [4.69, 9.17) is 11.5 Å². The van der Waals surface area contributed by atoms with Crippen molar-refractivity contribution in [1.29, 1.82) is 0 Å². The Labute approximate surface area is 217 Å². The number of unbranched alkanes of at least 4 members (excludes halogenated alkanes) is 1. The number of carboxylic acid groups (broad SMARTS) is 1. The third-order valence-corrected chi connectivity index (χ3v) is 6.34. The van der Waals surface area contributed by atoms with Gasteiger partial charge in [-0.05, 0) is 49.3 Å². The number of amides is 3. The number of nitrogens with one attached hydrogen (secondary N) is 3. The molecule has 0 aliphatic carbocycles. The average Bonchev–Trinajstić information content (AvgIpc) is 2.84. The first-order valence-corrected chi connectivity index (χ1v) is 13.6. The van der Waals surface area contributed by atoms with E-state index in [9.17, 15) is 24.3 Å². The van der Waals surface area contributed by atoms with Crippen LogP contribution in [0, 0.1) is 5.92 Å². The van der Waals surface area contributed by atoms with Crippen molar-refractivity contribution in [3.8, 4) is 0 Å². The summed E-state index contributed by atoms with van der Waals surface area (Å²) in [7, 11) is 0. The third kappa shape index (κ3) is 11.4. The van der Waals surface area contributed by atoms with E-state index in [0.717, 1.165) is 12.0 Å². The first kappa shape index (κ1) is 31.4. The minimum absolute atomic E-state index is 0.200. The Morgan fingerprint density at radius 3 is 2.11 bits per heavy atom. The summed E-state index contributed by atoms with van der Waals surface area (Å²) in [5.41, 5.74) is 12.3. The highest BCUT2D eigenvalue weighted by atomic mass is 32.2. The van der Waals surface area contributed by atoms with Gasteiger partial charge < -0.3 is 32.5 Å². The Balaban J connectivity index is 3.00. The lowest BCUT2D eigenvalue weighted by molar-refractivity contribution is -0.142. The molecule has 4 atom stereocenters. The smallest absolute Gasteiger partial charge is 0.326 e. The van der Waals surface area contributed by atoms with Crippen LogP contribution in [0.25, 0.3) is 0 Å². The number of thioether (sulfide) groups is 1. The van der Waals surface area contributed by atoms with Crippen molar-refractivity contribution in [2.45, 2.75) is 70.1 Å². The molecule has 1 aromatic rings. The molecule has 0 heterocycles. The highest BCUT2D eigenvalue weighted by molar-refractivity contribution is 7.98. The number of aliphatic carboxylic acids is 1. The van der Waals surface area contributed by atoms with Crippen molar-refractivity contribution in [1.82, 2.24) is 16.0 Å². The van der Waals surface area contributed by atoms with Gasteiger partial charge in [-0.3, -0.25) is 14.4 Å². The van der Waals surface area contributed by atoms with Crippen LogP contribution in [-0.4, -0.2) is 71.5 Å². The van der Waals surface area contributed by atoms with Gasteiger partial charge >= 0.3 is 5.97 Å². The second-order valence-electron chi connectivity index (χ2n) is 9.05. The molecule has 0 aromatic heterocycles. The summed E-state index contributed by atoms with van der Waals surface area (Å²) in [4.78, 5) is 50.5. The van der Waals surface area contributed by atoms with E-state index in [1.165, 1.54) is 11.8 Å². The second kappa shape index (κ2) is 16.9. The van der Waals surface area contributed by atoms with Crippen LogP contribution in [0.1, 0.15) is 45.1 Å². The Morgan fingerprint density at radius 2 is 1.56 bits per heavy atom. The lowest BCUT2D eigenvalue weighted by Gasteiger charge is -2.27. The van der Waals surface area contributed by atoms with E-state index in [2.05, 4.69) is 16.0 Å². The van der Waals surface area contributed by atoms with Crippen molar-refractivity contribution >= 4 is 35.5 Å². The molecule has 4 unspecified atom stereocenters. The number of hydrogen-bond donors (Lipinski definition) is 6. The van der Waals surface area contributed by atoms with Crippen molar-refractivity contribution in [2.75, 3.05) is 18.6 Å².